The predicted octanol–water partition coefficient (Wildman–Crippen LogP) is 4.78. The van der Waals surface area contributed by atoms with Crippen molar-refractivity contribution in [1.29, 1.82) is 0 Å². The molecule has 0 aliphatic carbocycles. The molecule has 2 nitrogen and oxygen atoms in total. The minimum atomic E-state index is -0.213. The molecule has 2 aromatic rings. The first-order valence-corrected chi connectivity index (χ1v) is 7.16. The molecular weight excluding hydrogens is 277 g/mol. The van der Waals surface area contributed by atoms with Gasteiger partial charge in [0, 0.05) is 0 Å². The first-order valence-electron chi connectivity index (χ1n) is 6.78. The number of hydrogen-bond donors (Lipinski definition) is 1. The van der Waals surface area contributed by atoms with Crippen molar-refractivity contribution in [3.05, 3.63) is 57.8 Å². The van der Waals surface area contributed by atoms with Crippen LogP contribution in [0.15, 0.2) is 28.7 Å². The molecule has 0 aliphatic heterocycles. The summed E-state index contributed by atoms with van der Waals surface area (Å²) >= 11 is 5.88. The molecule has 4 heteroatoms. The van der Waals surface area contributed by atoms with E-state index in [0.29, 0.717) is 5.22 Å². The van der Waals surface area contributed by atoms with E-state index < -0.39 is 0 Å². The minimum Gasteiger partial charge on any atom is -0.448 e. The Morgan fingerprint density at radius 3 is 2.40 bits per heavy atom. The molecule has 1 aromatic heterocycles. The van der Waals surface area contributed by atoms with Crippen molar-refractivity contribution in [3.8, 4) is 0 Å². The third-order valence-electron chi connectivity index (χ3n) is 3.32. The molecule has 0 bridgehead atoms. The molecular formula is C16H19ClFNO. The summed E-state index contributed by atoms with van der Waals surface area (Å²) in [5.74, 6) is 0.539. The fourth-order valence-corrected chi connectivity index (χ4v) is 2.65. The minimum absolute atomic E-state index is 0.108. The van der Waals surface area contributed by atoms with Crippen LogP contribution in [0, 0.1) is 19.7 Å². The van der Waals surface area contributed by atoms with Crippen LogP contribution in [-0.2, 0) is 0 Å². The zero-order valence-corrected chi connectivity index (χ0v) is 12.7. The van der Waals surface area contributed by atoms with E-state index in [1.807, 2.05) is 19.9 Å². The van der Waals surface area contributed by atoms with Crippen molar-refractivity contribution in [2.24, 2.45) is 0 Å². The molecule has 1 aromatic carbocycles. The van der Waals surface area contributed by atoms with Crippen molar-refractivity contribution in [3.63, 3.8) is 0 Å². The summed E-state index contributed by atoms with van der Waals surface area (Å²) in [6, 6.07) is 6.58. The number of aryl methyl sites for hydroxylation is 2. The summed E-state index contributed by atoms with van der Waals surface area (Å²) < 4.78 is 19.0. The van der Waals surface area contributed by atoms with Gasteiger partial charge in [0.05, 0.1) is 6.04 Å². The predicted molar refractivity (Wildman–Crippen MR) is 79.7 cm³/mol. The van der Waals surface area contributed by atoms with Crippen molar-refractivity contribution in [1.82, 2.24) is 5.32 Å². The lowest BCUT2D eigenvalue weighted by Gasteiger charge is -2.21. The topological polar surface area (TPSA) is 25.2 Å². The van der Waals surface area contributed by atoms with E-state index in [4.69, 9.17) is 16.0 Å². The second-order valence-electron chi connectivity index (χ2n) is 4.98. The van der Waals surface area contributed by atoms with Gasteiger partial charge >= 0.3 is 0 Å². The van der Waals surface area contributed by atoms with Crippen LogP contribution in [-0.4, -0.2) is 6.54 Å². The van der Waals surface area contributed by atoms with Crippen molar-refractivity contribution in [2.75, 3.05) is 6.54 Å². The Bertz CT molecular complexity index is 571. The zero-order chi connectivity index (χ0) is 14.7. The fraction of sp³-hybridized carbons (Fsp3) is 0.375. The summed E-state index contributed by atoms with van der Waals surface area (Å²) in [5, 5.41) is 3.80. The van der Waals surface area contributed by atoms with Crippen molar-refractivity contribution in [2.45, 2.75) is 33.2 Å². The van der Waals surface area contributed by atoms with E-state index in [-0.39, 0.29) is 11.9 Å². The van der Waals surface area contributed by atoms with E-state index in [0.717, 1.165) is 35.4 Å². The van der Waals surface area contributed by atoms with E-state index in [9.17, 15) is 4.39 Å². The van der Waals surface area contributed by atoms with Gasteiger partial charge in [0.1, 0.15) is 11.6 Å². The van der Waals surface area contributed by atoms with Crippen LogP contribution in [0.1, 0.15) is 41.8 Å². The number of halogens is 2. The molecule has 0 aliphatic rings. The molecule has 1 unspecified atom stereocenters. The highest BCUT2D eigenvalue weighted by Crippen LogP contribution is 2.30. The van der Waals surface area contributed by atoms with Crippen LogP contribution in [0.25, 0.3) is 0 Å². The van der Waals surface area contributed by atoms with Gasteiger partial charge in [0.15, 0.2) is 5.22 Å². The van der Waals surface area contributed by atoms with E-state index in [2.05, 4.69) is 12.2 Å². The lowest BCUT2D eigenvalue weighted by molar-refractivity contribution is 0.445. The summed E-state index contributed by atoms with van der Waals surface area (Å²) in [6.07, 6.45) is 1.00. The quantitative estimate of drug-likeness (QED) is 0.859. The Kier molecular flexibility index (Phi) is 4.84. The van der Waals surface area contributed by atoms with Crippen LogP contribution < -0.4 is 5.32 Å². The van der Waals surface area contributed by atoms with Gasteiger partial charge in [0.2, 0.25) is 0 Å². The average molecular weight is 296 g/mol. The Hall–Kier alpha value is -1.32. The zero-order valence-electron chi connectivity index (χ0n) is 12.0. The largest absolute Gasteiger partial charge is 0.448 e. The average Bonchev–Trinajstić information content (AvgIpc) is 2.78. The summed E-state index contributed by atoms with van der Waals surface area (Å²) in [7, 11) is 0. The first kappa shape index (κ1) is 15.1. The lowest BCUT2D eigenvalue weighted by Crippen LogP contribution is -2.24. The molecule has 0 fully saturated rings. The number of furan rings is 1. The number of hydrogen-bond acceptors (Lipinski definition) is 2. The summed E-state index contributed by atoms with van der Waals surface area (Å²) in [4.78, 5) is 0. The smallest absolute Gasteiger partial charge is 0.193 e. The van der Waals surface area contributed by atoms with Crippen LogP contribution >= 0.6 is 11.6 Å². The summed E-state index contributed by atoms with van der Waals surface area (Å²) in [5.41, 5.74) is 2.86. The molecule has 1 atom stereocenters. The van der Waals surface area contributed by atoms with Gasteiger partial charge in [-0.2, -0.15) is 0 Å². The molecule has 108 valence electrons. The third kappa shape index (κ3) is 3.22. The molecule has 0 spiro atoms. The molecule has 2 rings (SSSR count). The molecule has 1 heterocycles. The number of rotatable bonds is 5. The van der Waals surface area contributed by atoms with E-state index in [1.54, 1.807) is 18.2 Å². The molecule has 1 N–H and O–H groups in total. The normalized spacial score (nSPS) is 12.7. The Morgan fingerprint density at radius 2 is 1.90 bits per heavy atom. The van der Waals surface area contributed by atoms with Crippen molar-refractivity contribution < 1.29 is 8.81 Å². The SMILES string of the molecule is CCCNC(c1ccc(Cl)o1)c1c(C)cc(F)cc1C. The second-order valence-corrected chi connectivity index (χ2v) is 5.35. The van der Waals surface area contributed by atoms with Gasteiger partial charge < -0.3 is 9.73 Å². The fourth-order valence-electron chi connectivity index (χ4n) is 2.49. The highest BCUT2D eigenvalue weighted by Gasteiger charge is 2.21. The van der Waals surface area contributed by atoms with Crippen LogP contribution in [0.3, 0.4) is 0 Å². The Balaban J connectivity index is 2.46. The first-order chi connectivity index (χ1) is 9.52. The highest BCUT2D eigenvalue weighted by atomic mass is 35.5. The van der Waals surface area contributed by atoms with Gasteiger partial charge in [0.25, 0.3) is 0 Å². The molecule has 20 heavy (non-hydrogen) atoms. The van der Waals surface area contributed by atoms with Crippen LogP contribution in [0.2, 0.25) is 5.22 Å². The molecule has 0 radical (unpaired) electrons. The van der Waals surface area contributed by atoms with Gasteiger partial charge in [-0.3, -0.25) is 0 Å². The highest BCUT2D eigenvalue weighted by molar-refractivity contribution is 6.28. The maximum atomic E-state index is 13.5. The second kappa shape index (κ2) is 6.42. The van der Waals surface area contributed by atoms with Gasteiger partial charge in [-0.15, -0.1) is 0 Å². The Morgan fingerprint density at radius 1 is 1.25 bits per heavy atom. The molecule has 0 saturated carbocycles. The molecule has 0 amide bonds. The standard InChI is InChI=1S/C16H19ClFNO/c1-4-7-19-16(13-5-6-14(17)20-13)15-10(2)8-12(18)9-11(15)3/h5-6,8-9,16,19H,4,7H2,1-3H3. The van der Waals surface area contributed by atoms with Crippen LogP contribution in [0.5, 0.6) is 0 Å². The summed E-state index contributed by atoms with van der Waals surface area (Å²) in [6.45, 7) is 6.77. The third-order valence-corrected chi connectivity index (χ3v) is 3.53. The molecule has 0 saturated heterocycles. The maximum Gasteiger partial charge on any atom is 0.193 e. The number of benzene rings is 1. The van der Waals surface area contributed by atoms with E-state index in [1.165, 1.54) is 0 Å². The van der Waals surface area contributed by atoms with Crippen LogP contribution in [0.4, 0.5) is 4.39 Å². The lowest BCUT2D eigenvalue weighted by atomic mass is 9.94. The Labute approximate surface area is 123 Å². The maximum absolute atomic E-state index is 13.5. The van der Waals surface area contributed by atoms with E-state index >= 15 is 0 Å². The van der Waals surface area contributed by atoms with Gasteiger partial charge in [-0.1, -0.05) is 6.92 Å². The number of nitrogens with one attached hydrogen (secondary N) is 1. The van der Waals surface area contributed by atoms with Crippen molar-refractivity contribution >= 4 is 11.6 Å². The van der Waals surface area contributed by atoms with Gasteiger partial charge in [-0.05, 0) is 79.4 Å². The monoisotopic (exact) mass is 295 g/mol. The van der Waals surface area contributed by atoms with Gasteiger partial charge in [-0.25, -0.2) is 4.39 Å².